The fourth-order valence-corrected chi connectivity index (χ4v) is 2.27. The minimum absolute atomic E-state index is 0.0553. The Labute approximate surface area is 156 Å². The summed E-state index contributed by atoms with van der Waals surface area (Å²) in [7, 11) is 0. The van der Waals surface area contributed by atoms with Gasteiger partial charge in [-0.2, -0.15) is 0 Å². The molecule has 27 heavy (non-hydrogen) atoms. The van der Waals surface area contributed by atoms with Crippen molar-refractivity contribution in [2.24, 2.45) is 5.92 Å². The Morgan fingerprint density at radius 3 is 2.07 bits per heavy atom. The summed E-state index contributed by atoms with van der Waals surface area (Å²) < 4.78 is 31.4. The number of benzene rings is 2. The van der Waals surface area contributed by atoms with Crippen molar-refractivity contribution >= 4 is 23.2 Å². The Hall–Kier alpha value is -2.96. The van der Waals surface area contributed by atoms with Crippen molar-refractivity contribution < 1.29 is 23.1 Å². The number of anilines is 2. The molecule has 0 saturated carbocycles. The molecule has 0 aliphatic rings. The second-order valence-corrected chi connectivity index (χ2v) is 6.55. The summed E-state index contributed by atoms with van der Waals surface area (Å²) in [6, 6.07) is 9.70. The number of halogens is 2. The monoisotopic (exact) mass is 376 g/mol. The summed E-state index contributed by atoms with van der Waals surface area (Å²) in [4.78, 5) is 23.9. The van der Waals surface area contributed by atoms with E-state index in [1.54, 1.807) is 24.3 Å². The molecule has 2 rings (SSSR count). The van der Waals surface area contributed by atoms with Crippen LogP contribution in [-0.2, 0) is 9.59 Å². The molecule has 7 heteroatoms. The smallest absolute Gasteiger partial charge is 0.265 e. The molecule has 0 bridgehead atoms. The minimum atomic E-state index is -1.05. The molecule has 1 atom stereocenters. The van der Waals surface area contributed by atoms with E-state index in [1.165, 1.54) is 13.0 Å². The predicted octanol–water partition coefficient (Wildman–Crippen LogP) is 4.36. The number of carbonyl (C=O) groups is 2. The van der Waals surface area contributed by atoms with Gasteiger partial charge in [0.15, 0.2) is 17.7 Å². The molecule has 2 amide bonds. The van der Waals surface area contributed by atoms with Crippen LogP contribution in [0.1, 0.15) is 27.2 Å². The van der Waals surface area contributed by atoms with Crippen molar-refractivity contribution in [3.05, 3.63) is 54.1 Å². The van der Waals surface area contributed by atoms with Crippen molar-refractivity contribution in [1.29, 1.82) is 0 Å². The zero-order valence-corrected chi connectivity index (χ0v) is 15.4. The molecule has 1 unspecified atom stereocenters. The van der Waals surface area contributed by atoms with E-state index in [2.05, 4.69) is 10.6 Å². The number of hydrogen-bond donors (Lipinski definition) is 2. The number of ether oxygens (including phenoxy) is 1. The zero-order valence-electron chi connectivity index (χ0n) is 15.4. The number of nitrogens with one attached hydrogen (secondary N) is 2. The highest BCUT2D eigenvalue weighted by Gasteiger charge is 2.16. The summed E-state index contributed by atoms with van der Waals surface area (Å²) >= 11 is 0. The summed E-state index contributed by atoms with van der Waals surface area (Å²) in [5.41, 5.74) is 1.15. The van der Waals surface area contributed by atoms with Crippen molar-refractivity contribution in [2.45, 2.75) is 33.3 Å². The van der Waals surface area contributed by atoms with Crippen LogP contribution in [0.15, 0.2) is 42.5 Å². The molecule has 0 fully saturated rings. The SMILES string of the molecule is CC(C)CC(=O)Nc1ccc(NC(=O)C(C)Oc2ccc(F)c(F)c2)cc1. The van der Waals surface area contributed by atoms with E-state index >= 15 is 0 Å². The maximum Gasteiger partial charge on any atom is 0.265 e. The summed E-state index contributed by atoms with van der Waals surface area (Å²) in [5.74, 6) is -2.23. The molecule has 2 N–H and O–H groups in total. The van der Waals surface area contributed by atoms with Gasteiger partial charge in [-0.05, 0) is 49.2 Å². The molecule has 2 aromatic carbocycles. The van der Waals surface area contributed by atoms with Gasteiger partial charge in [0.05, 0.1) is 0 Å². The highest BCUT2D eigenvalue weighted by molar-refractivity contribution is 5.95. The number of carbonyl (C=O) groups excluding carboxylic acids is 2. The Balaban J connectivity index is 1.90. The highest BCUT2D eigenvalue weighted by atomic mass is 19.2. The highest BCUT2D eigenvalue weighted by Crippen LogP contribution is 2.18. The maximum atomic E-state index is 13.2. The first-order chi connectivity index (χ1) is 12.7. The Morgan fingerprint density at radius 2 is 1.52 bits per heavy atom. The van der Waals surface area contributed by atoms with Crippen molar-refractivity contribution in [3.63, 3.8) is 0 Å². The van der Waals surface area contributed by atoms with Crippen molar-refractivity contribution in [2.75, 3.05) is 10.6 Å². The van der Waals surface area contributed by atoms with E-state index in [4.69, 9.17) is 4.74 Å². The molecule has 0 heterocycles. The van der Waals surface area contributed by atoms with Gasteiger partial charge < -0.3 is 15.4 Å². The molecular formula is C20H22F2N2O3. The molecule has 0 radical (unpaired) electrons. The third-order valence-electron chi connectivity index (χ3n) is 3.60. The first kappa shape index (κ1) is 20.4. The normalized spacial score (nSPS) is 11.8. The van der Waals surface area contributed by atoms with Gasteiger partial charge in [0.2, 0.25) is 5.91 Å². The molecule has 5 nitrogen and oxygen atoms in total. The Bertz CT molecular complexity index is 807. The van der Waals surface area contributed by atoms with Gasteiger partial charge in [0, 0.05) is 23.9 Å². The number of rotatable bonds is 7. The van der Waals surface area contributed by atoms with E-state index in [1.807, 2.05) is 13.8 Å². The quantitative estimate of drug-likeness (QED) is 0.755. The van der Waals surface area contributed by atoms with Gasteiger partial charge in [-0.1, -0.05) is 13.8 Å². The van der Waals surface area contributed by atoms with Crippen LogP contribution < -0.4 is 15.4 Å². The van der Waals surface area contributed by atoms with Gasteiger partial charge in [0.25, 0.3) is 5.91 Å². The second kappa shape index (κ2) is 9.12. The summed E-state index contributed by atoms with van der Waals surface area (Å²) in [6.45, 7) is 5.42. The lowest BCUT2D eigenvalue weighted by atomic mass is 10.1. The van der Waals surface area contributed by atoms with Crippen LogP contribution in [0.4, 0.5) is 20.2 Å². The van der Waals surface area contributed by atoms with Gasteiger partial charge in [-0.3, -0.25) is 9.59 Å². The van der Waals surface area contributed by atoms with Gasteiger partial charge in [-0.15, -0.1) is 0 Å². The third kappa shape index (κ3) is 6.36. The maximum absolute atomic E-state index is 13.2. The van der Waals surface area contributed by atoms with E-state index in [9.17, 15) is 18.4 Å². The van der Waals surface area contributed by atoms with Crippen LogP contribution >= 0.6 is 0 Å². The average Bonchev–Trinajstić information content (AvgIpc) is 2.59. The molecule has 144 valence electrons. The van der Waals surface area contributed by atoms with Crippen LogP contribution in [0.3, 0.4) is 0 Å². The van der Waals surface area contributed by atoms with Gasteiger partial charge in [0.1, 0.15) is 5.75 Å². The van der Waals surface area contributed by atoms with Crippen LogP contribution in [0.5, 0.6) is 5.75 Å². The lowest BCUT2D eigenvalue weighted by molar-refractivity contribution is -0.122. The van der Waals surface area contributed by atoms with Crippen LogP contribution in [0.25, 0.3) is 0 Å². The fraction of sp³-hybridized carbons (Fsp3) is 0.300. The molecule has 0 aliphatic heterocycles. The molecule has 0 aliphatic carbocycles. The third-order valence-corrected chi connectivity index (χ3v) is 3.60. The van der Waals surface area contributed by atoms with E-state index in [0.717, 1.165) is 12.1 Å². The standard InChI is InChI=1S/C20H22F2N2O3/c1-12(2)10-19(25)23-14-4-6-15(7-5-14)24-20(26)13(3)27-16-8-9-17(21)18(22)11-16/h4-9,11-13H,10H2,1-3H3,(H,23,25)(H,24,26). The van der Waals surface area contributed by atoms with Crippen LogP contribution in [0.2, 0.25) is 0 Å². The Morgan fingerprint density at radius 1 is 0.926 bits per heavy atom. The Kier molecular flexibility index (Phi) is 6.87. The second-order valence-electron chi connectivity index (χ2n) is 6.55. The van der Waals surface area contributed by atoms with Gasteiger partial charge in [-0.25, -0.2) is 8.78 Å². The summed E-state index contributed by atoms with van der Waals surface area (Å²) in [6.07, 6.45) is -0.489. The summed E-state index contributed by atoms with van der Waals surface area (Å²) in [5, 5.41) is 5.43. The van der Waals surface area contributed by atoms with Gasteiger partial charge >= 0.3 is 0 Å². The molecule has 0 spiro atoms. The van der Waals surface area contributed by atoms with E-state index in [-0.39, 0.29) is 17.6 Å². The first-order valence-corrected chi connectivity index (χ1v) is 8.57. The zero-order chi connectivity index (χ0) is 20.0. The van der Waals surface area contributed by atoms with E-state index in [0.29, 0.717) is 17.8 Å². The minimum Gasteiger partial charge on any atom is -0.481 e. The van der Waals surface area contributed by atoms with Crippen molar-refractivity contribution in [3.8, 4) is 5.75 Å². The predicted molar refractivity (Wildman–Crippen MR) is 99.6 cm³/mol. The average molecular weight is 376 g/mol. The van der Waals surface area contributed by atoms with Crippen LogP contribution in [0, 0.1) is 17.6 Å². The van der Waals surface area contributed by atoms with Crippen molar-refractivity contribution in [1.82, 2.24) is 0 Å². The topological polar surface area (TPSA) is 67.4 Å². The van der Waals surface area contributed by atoms with E-state index < -0.39 is 23.6 Å². The molecule has 2 aromatic rings. The number of hydrogen-bond acceptors (Lipinski definition) is 3. The first-order valence-electron chi connectivity index (χ1n) is 8.57. The lowest BCUT2D eigenvalue weighted by Gasteiger charge is -2.15. The fourth-order valence-electron chi connectivity index (χ4n) is 2.27. The lowest BCUT2D eigenvalue weighted by Crippen LogP contribution is -2.30. The molecule has 0 saturated heterocycles. The largest absolute Gasteiger partial charge is 0.481 e. The molecule has 0 aromatic heterocycles. The number of amides is 2. The molecular weight excluding hydrogens is 354 g/mol. The van der Waals surface area contributed by atoms with Crippen LogP contribution in [-0.4, -0.2) is 17.9 Å².